The molecule has 2 saturated heterocycles. The van der Waals surface area contributed by atoms with Crippen LogP contribution in [-0.4, -0.2) is 162 Å². The van der Waals surface area contributed by atoms with Gasteiger partial charge in [-0.05, 0) is 51.5 Å². The van der Waals surface area contributed by atoms with Gasteiger partial charge in [0.05, 0.1) is 45.2 Å². The molecular weight excluding hydrogens is 572 g/mol. The van der Waals surface area contributed by atoms with Gasteiger partial charge in [-0.2, -0.15) is 0 Å². The minimum Gasteiger partial charge on any atom is -0.492 e. The van der Waals surface area contributed by atoms with Crippen LogP contribution in [0, 0.1) is 0 Å². The molecular formula is C30H52N6O8. The smallest absolute Gasteiger partial charge is 0.317 e. The molecule has 250 valence electrons. The van der Waals surface area contributed by atoms with Crippen molar-refractivity contribution in [2.24, 2.45) is 0 Å². The summed E-state index contributed by atoms with van der Waals surface area (Å²) >= 11 is 0. The summed E-state index contributed by atoms with van der Waals surface area (Å²) in [4.78, 5) is 56.3. The first-order valence-electron chi connectivity index (χ1n) is 15.6. The molecule has 0 saturated carbocycles. The number of carbonyl (C=O) groups is 4. The summed E-state index contributed by atoms with van der Waals surface area (Å²) in [5.74, 6) is -2.41. The predicted molar refractivity (Wildman–Crippen MR) is 165 cm³/mol. The molecule has 0 aliphatic carbocycles. The fraction of sp³-hybridized carbons (Fsp3) is 0.733. The zero-order valence-corrected chi connectivity index (χ0v) is 26.3. The SMILES string of the molecule is C=CC(OCCCCCNC(=O)CN1CCN(CC(=O)O)CCN(CC(=O)O)CCN(CC(=O)O)C1)=C(C)N1CCCCC1. The van der Waals surface area contributed by atoms with Crippen LogP contribution in [0.15, 0.2) is 24.1 Å². The van der Waals surface area contributed by atoms with Crippen molar-refractivity contribution < 1.29 is 39.2 Å². The maximum absolute atomic E-state index is 12.8. The van der Waals surface area contributed by atoms with E-state index in [9.17, 15) is 34.5 Å². The predicted octanol–water partition coefficient (Wildman–Crippen LogP) is 0.626. The normalized spacial score (nSPS) is 19.0. The molecule has 2 rings (SSSR count). The van der Waals surface area contributed by atoms with E-state index in [-0.39, 0.29) is 38.8 Å². The Kier molecular flexibility index (Phi) is 17.4. The Bertz CT molecular complexity index is 971. The summed E-state index contributed by atoms with van der Waals surface area (Å²) in [6, 6.07) is 0. The zero-order chi connectivity index (χ0) is 32.3. The van der Waals surface area contributed by atoms with Gasteiger partial charge in [0.25, 0.3) is 0 Å². The number of hydrogen-bond acceptors (Lipinski definition) is 10. The Labute approximate surface area is 260 Å². The van der Waals surface area contributed by atoms with E-state index in [4.69, 9.17) is 4.74 Å². The molecule has 0 unspecified atom stereocenters. The molecule has 14 heteroatoms. The molecule has 4 N–H and O–H groups in total. The van der Waals surface area contributed by atoms with E-state index in [0.717, 1.165) is 43.8 Å². The number of rotatable bonds is 17. The van der Waals surface area contributed by atoms with Gasteiger partial charge in [0.15, 0.2) is 0 Å². The largest absolute Gasteiger partial charge is 0.492 e. The van der Waals surface area contributed by atoms with Crippen LogP contribution in [-0.2, 0) is 23.9 Å². The van der Waals surface area contributed by atoms with E-state index >= 15 is 0 Å². The van der Waals surface area contributed by atoms with Crippen molar-refractivity contribution in [3.63, 3.8) is 0 Å². The van der Waals surface area contributed by atoms with Gasteiger partial charge in [0.1, 0.15) is 5.76 Å². The van der Waals surface area contributed by atoms with E-state index in [1.165, 1.54) is 19.3 Å². The molecule has 0 aromatic heterocycles. The van der Waals surface area contributed by atoms with Crippen LogP contribution in [0.1, 0.15) is 45.4 Å². The number of nitrogens with one attached hydrogen (secondary N) is 1. The molecule has 0 bridgehead atoms. The highest BCUT2D eigenvalue weighted by molar-refractivity contribution is 5.78. The number of carbonyl (C=O) groups excluding carboxylic acids is 1. The average molecular weight is 625 g/mol. The van der Waals surface area contributed by atoms with E-state index in [1.54, 1.807) is 20.8 Å². The summed E-state index contributed by atoms with van der Waals surface area (Å²) in [6.45, 7) is 10.6. The van der Waals surface area contributed by atoms with Crippen molar-refractivity contribution in [3.8, 4) is 0 Å². The lowest BCUT2D eigenvalue weighted by Crippen LogP contribution is -2.48. The van der Waals surface area contributed by atoms with Crippen molar-refractivity contribution in [1.82, 2.24) is 29.8 Å². The first-order valence-corrected chi connectivity index (χ1v) is 15.6. The molecule has 0 aromatic rings. The second-order valence-corrected chi connectivity index (χ2v) is 11.4. The summed E-state index contributed by atoms with van der Waals surface area (Å²) in [5.41, 5.74) is 1.13. The molecule has 0 atom stereocenters. The average Bonchev–Trinajstić information content (AvgIpc) is 3.00. The third-order valence-corrected chi connectivity index (χ3v) is 7.81. The monoisotopic (exact) mass is 624 g/mol. The maximum Gasteiger partial charge on any atom is 0.317 e. The van der Waals surface area contributed by atoms with Crippen LogP contribution in [0.25, 0.3) is 0 Å². The van der Waals surface area contributed by atoms with Crippen LogP contribution in [0.4, 0.5) is 0 Å². The zero-order valence-electron chi connectivity index (χ0n) is 26.3. The van der Waals surface area contributed by atoms with Crippen molar-refractivity contribution in [1.29, 1.82) is 0 Å². The topological polar surface area (TPSA) is 166 Å². The van der Waals surface area contributed by atoms with E-state index in [2.05, 4.69) is 23.7 Å². The Balaban J connectivity index is 1.85. The molecule has 0 radical (unpaired) electrons. The number of aliphatic carboxylic acids is 3. The number of ether oxygens (including phenoxy) is 1. The van der Waals surface area contributed by atoms with Gasteiger partial charge in [-0.15, -0.1) is 0 Å². The number of likely N-dealkylation sites (tertiary alicyclic amines) is 1. The van der Waals surface area contributed by atoms with Crippen molar-refractivity contribution in [2.45, 2.75) is 45.4 Å². The van der Waals surface area contributed by atoms with Crippen LogP contribution in [0.2, 0.25) is 0 Å². The summed E-state index contributed by atoms with van der Waals surface area (Å²) in [7, 11) is 0. The van der Waals surface area contributed by atoms with Gasteiger partial charge in [-0.1, -0.05) is 6.58 Å². The quantitative estimate of drug-likeness (QED) is 0.101. The van der Waals surface area contributed by atoms with E-state index in [0.29, 0.717) is 52.4 Å². The minimum atomic E-state index is -1.03. The molecule has 0 spiro atoms. The highest BCUT2D eigenvalue weighted by Crippen LogP contribution is 2.18. The lowest BCUT2D eigenvalue weighted by atomic mass is 10.1. The second-order valence-electron chi connectivity index (χ2n) is 11.4. The number of nitrogens with zero attached hydrogens (tertiary/aromatic N) is 5. The third kappa shape index (κ3) is 15.5. The fourth-order valence-electron chi connectivity index (χ4n) is 5.41. The van der Waals surface area contributed by atoms with Gasteiger partial charge >= 0.3 is 17.9 Å². The van der Waals surface area contributed by atoms with Crippen LogP contribution < -0.4 is 5.32 Å². The van der Waals surface area contributed by atoms with Gasteiger partial charge in [0.2, 0.25) is 5.91 Å². The number of amides is 1. The van der Waals surface area contributed by atoms with Gasteiger partial charge in [0, 0.05) is 58.9 Å². The highest BCUT2D eigenvalue weighted by Gasteiger charge is 2.22. The van der Waals surface area contributed by atoms with Gasteiger partial charge in [-0.3, -0.25) is 38.8 Å². The van der Waals surface area contributed by atoms with Crippen molar-refractivity contribution in [2.75, 3.05) is 98.4 Å². The summed E-state index contributed by atoms with van der Waals surface area (Å²) in [6.07, 6.45) is 7.93. The van der Waals surface area contributed by atoms with Crippen LogP contribution in [0.5, 0.6) is 0 Å². The number of allylic oxidation sites excluding steroid dienone is 2. The molecule has 44 heavy (non-hydrogen) atoms. The number of carboxylic acids is 3. The summed E-state index contributed by atoms with van der Waals surface area (Å²) in [5, 5.41) is 31.0. The first kappa shape index (κ1) is 37.0. The van der Waals surface area contributed by atoms with Crippen molar-refractivity contribution >= 4 is 23.8 Å². The summed E-state index contributed by atoms with van der Waals surface area (Å²) < 4.78 is 5.99. The molecule has 2 fully saturated rings. The van der Waals surface area contributed by atoms with Gasteiger partial charge in [-0.25, -0.2) is 0 Å². The van der Waals surface area contributed by atoms with E-state index in [1.807, 2.05) is 4.90 Å². The first-order chi connectivity index (χ1) is 21.1. The van der Waals surface area contributed by atoms with Crippen LogP contribution >= 0.6 is 0 Å². The van der Waals surface area contributed by atoms with E-state index < -0.39 is 17.9 Å². The standard InChI is InChI=1S/C30H52N6O8/c1-3-26(25(2)36-11-7-5-8-12-36)44-19-9-4-6-10-31-27(37)20-34-17-15-32(21-28(38)39)13-14-33(22-29(40)41)16-18-35(24-34)23-30(42)43/h3H,1,4-24H2,2H3,(H,31,37)(H,38,39)(H,40,41)(H,42,43). The second kappa shape index (κ2) is 20.7. The third-order valence-electron chi connectivity index (χ3n) is 7.81. The number of carboxylic acid groups (broad SMARTS) is 3. The van der Waals surface area contributed by atoms with Crippen LogP contribution in [0.3, 0.4) is 0 Å². The Hall–Kier alpha value is -3.20. The number of unbranched alkanes of at least 4 members (excludes halogenated alkanes) is 2. The molecule has 0 aromatic carbocycles. The Morgan fingerprint density at radius 3 is 1.73 bits per heavy atom. The Morgan fingerprint density at radius 1 is 0.705 bits per heavy atom. The molecule has 1 amide bonds. The minimum absolute atomic E-state index is 0.0300. The van der Waals surface area contributed by atoms with Gasteiger partial charge < -0.3 is 30.3 Å². The number of piperidine rings is 1. The molecule has 2 aliphatic heterocycles. The molecule has 2 aliphatic rings. The maximum atomic E-state index is 12.8. The molecule has 14 nitrogen and oxygen atoms in total. The van der Waals surface area contributed by atoms with Crippen molar-refractivity contribution in [3.05, 3.63) is 24.1 Å². The Morgan fingerprint density at radius 2 is 1.20 bits per heavy atom. The molecule has 2 heterocycles. The fourth-order valence-corrected chi connectivity index (χ4v) is 5.41. The lowest BCUT2D eigenvalue weighted by Gasteiger charge is -2.30. The number of hydrogen-bond donors (Lipinski definition) is 4. The highest BCUT2D eigenvalue weighted by atomic mass is 16.5. The lowest BCUT2D eigenvalue weighted by molar-refractivity contribution is -0.140.